The fourth-order valence-corrected chi connectivity index (χ4v) is 2.62. The van der Waals surface area contributed by atoms with E-state index < -0.39 is 0 Å². The molecule has 1 fully saturated rings. The number of piperidine rings is 1. The maximum atomic E-state index is 12.2. The van der Waals surface area contributed by atoms with Gasteiger partial charge in [0, 0.05) is 31.2 Å². The SMILES string of the molecule is O=C1c2ccccc2CN1C1CC[N]CC1. The first-order valence-electron chi connectivity index (χ1n) is 5.88. The quantitative estimate of drug-likeness (QED) is 0.697. The minimum absolute atomic E-state index is 0.211. The maximum Gasteiger partial charge on any atom is 0.254 e. The minimum atomic E-state index is 0.211. The predicted octanol–water partition coefficient (Wildman–Crippen LogP) is 1.41. The van der Waals surface area contributed by atoms with E-state index in [0.717, 1.165) is 38.0 Å². The summed E-state index contributed by atoms with van der Waals surface area (Å²) in [7, 11) is 0. The first-order chi connectivity index (χ1) is 7.86. The van der Waals surface area contributed by atoms with Crippen LogP contribution in [0, 0.1) is 0 Å². The van der Waals surface area contributed by atoms with Gasteiger partial charge in [-0.1, -0.05) is 18.2 Å². The lowest BCUT2D eigenvalue weighted by Crippen LogP contribution is -2.41. The van der Waals surface area contributed by atoms with E-state index in [1.165, 1.54) is 5.56 Å². The van der Waals surface area contributed by atoms with Crippen molar-refractivity contribution >= 4 is 5.91 Å². The molecular formula is C13H15N2O. The van der Waals surface area contributed by atoms with Gasteiger partial charge in [0.1, 0.15) is 0 Å². The number of hydrogen-bond acceptors (Lipinski definition) is 1. The van der Waals surface area contributed by atoms with Gasteiger partial charge < -0.3 is 4.90 Å². The van der Waals surface area contributed by atoms with Crippen molar-refractivity contribution in [2.75, 3.05) is 13.1 Å². The molecule has 1 aromatic carbocycles. The number of benzene rings is 1. The second-order valence-corrected chi connectivity index (χ2v) is 4.49. The van der Waals surface area contributed by atoms with E-state index in [9.17, 15) is 4.79 Å². The highest BCUT2D eigenvalue weighted by atomic mass is 16.2. The summed E-state index contributed by atoms with van der Waals surface area (Å²) in [6.07, 6.45) is 2.06. The Bertz CT molecular complexity index is 410. The smallest absolute Gasteiger partial charge is 0.254 e. The number of carbonyl (C=O) groups excluding carboxylic acids is 1. The molecule has 0 spiro atoms. The molecule has 0 atom stereocenters. The summed E-state index contributed by atoms with van der Waals surface area (Å²) in [5.74, 6) is 0.211. The topological polar surface area (TPSA) is 34.4 Å². The first-order valence-corrected chi connectivity index (χ1v) is 5.88. The van der Waals surface area contributed by atoms with E-state index in [4.69, 9.17) is 0 Å². The summed E-state index contributed by atoms with van der Waals surface area (Å²) in [5, 5.41) is 4.33. The molecule has 83 valence electrons. The van der Waals surface area contributed by atoms with Crippen LogP contribution in [0.1, 0.15) is 28.8 Å². The maximum absolute atomic E-state index is 12.2. The molecule has 2 aliphatic rings. The largest absolute Gasteiger partial charge is 0.331 e. The Morgan fingerprint density at radius 2 is 1.94 bits per heavy atom. The number of fused-ring (bicyclic) bond motifs is 1. The summed E-state index contributed by atoms with van der Waals surface area (Å²) in [4.78, 5) is 14.2. The van der Waals surface area contributed by atoms with Gasteiger partial charge in [-0.25, -0.2) is 5.32 Å². The zero-order valence-electron chi connectivity index (χ0n) is 9.22. The van der Waals surface area contributed by atoms with E-state index >= 15 is 0 Å². The minimum Gasteiger partial charge on any atom is -0.331 e. The fourth-order valence-electron chi connectivity index (χ4n) is 2.62. The van der Waals surface area contributed by atoms with Gasteiger partial charge in [-0.05, 0) is 24.5 Å². The van der Waals surface area contributed by atoms with Crippen LogP contribution in [0.5, 0.6) is 0 Å². The van der Waals surface area contributed by atoms with Gasteiger partial charge >= 0.3 is 0 Å². The van der Waals surface area contributed by atoms with Gasteiger partial charge in [0.25, 0.3) is 5.91 Å². The van der Waals surface area contributed by atoms with Crippen molar-refractivity contribution in [3.05, 3.63) is 35.4 Å². The molecule has 0 aliphatic carbocycles. The molecule has 0 saturated carbocycles. The van der Waals surface area contributed by atoms with Crippen LogP contribution in [-0.2, 0) is 6.54 Å². The van der Waals surface area contributed by atoms with E-state index in [2.05, 4.69) is 11.4 Å². The van der Waals surface area contributed by atoms with E-state index in [1.54, 1.807) is 0 Å². The third-order valence-corrected chi connectivity index (χ3v) is 3.53. The lowest BCUT2D eigenvalue weighted by atomic mass is 10.1. The zero-order valence-corrected chi connectivity index (χ0v) is 9.22. The van der Waals surface area contributed by atoms with Crippen molar-refractivity contribution < 1.29 is 4.79 Å². The first kappa shape index (κ1) is 9.85. The van der Waals surface area contributed by atoms with Crippen molar-refractivity contribution in [2.24, 2.45) is 0 Å². The number of carbonyl (C=O) groups is 1. The number of hydrogen-bond donors (Lipinski definition) is 0. The Morgan fingerprint density at radius 1 is 1.19 bits per heavy atom. The van der Waals surface area contributed by atoms with Gasteiger partial charge in [0.05, 0.1) is 0 Å². The molecule has 1 aromatic rings. The highest BCUT2D eigenvalue weighted by molar-refractivity contribution is 5.98. The van der Waals surface area contributed by atoms with Gasteiger partial charge in [0.2, 0.25) is 0 Å². The number of rotatable bonds is 1. The van der Waals surface area contributed by atoms with Crippen LogP contribution in [-0.4, -0.2) is 29.9 Å². The average Bonchev–Trinajstić information content (AvgIpc) is 2.69. The molecule has 2 heterocycles. The monoisotopic (exact) mass is 215 g/mol. The van der Waals surface area contributed by atoms with Gasteiger partial charge in [0.15, 0.2) is 0 Å². The standard InChI is InChI=1S/C13H15N2O/c16-13-12-4-2-1-3-10(12)9-15(13)11-5-7-14-8-6-11/h1-4,11H,5-9H2. The average molecular weight is 215 g/mol. The molecule has 0 N–H and O–H groups in total. The molecule has 0 unspecified atom stereocenters. The third-order valence-electron chi connectivity index (χ3n) is 3.53. The van der Waals surface area contributed by atoms with Crippen molar-refractivity contribution in [2.45, 2.75) is 25.4 Å². The summed E-state index contributed by atoms with van der Waals surface area (Å²) >= 11 is 0. The number of amides is 1. The molecule has 1 amide bonds. The van der Waals surface area contributed by atoms with E-state index in [1.807, 2.05) is 23.1 Å². The summed E-state index contributed by atoms with van der Waals surface area (Å²) in [6, 6.07) is 8.34. The Labute approximate surface area is 95.4 Å². The molecule has 1 saturated heterocycles. The molecule has 16 heavy (non-hydrogen) atoms. The summed E-state index contributed by atoms with van der Waals surface area (Å²) < 4.78 is 0. The van der Waals surface area contributed by atoms with Crippen LogP contribution in [0.4, 0.5) is 0 Å². The van der Waals surface area contributed by atoms with Gasteiger partial charge in [-0.15, -0.1) is 0 Å². The lowest BCUT2D eigenvalue weighted by Gasteiger charge is -2.30. The lowest BCUT2D eigenvalue weighted by molar-refractivity contribution is 0.0667. The van der Waals surface area contributed by atoms with Crippen molar-refractivity contribution in [3.63, 3.8) is 0 Å². The zero-order chi connectivity index (χ0) is 11.0. The molecular weight excluding hydrogens is 200 g/mol. The molecule has 0 aromatic heterocycles. The highest BCUT2D eigenvalue weighted by Crippen LogP contribution is 2.27. The van der Waals surface area contributed by atoms with Crippen molar-refractivity contribution in [1.29, 1.82) is 0 Å². The second-order valence-electron chi connectivity index (χ2n) is 4.49. The Hall–Kier alpha value is -1.35. The Balaban J connectivity index is 1.83. The molecule has 3 heteroatoms. The van der Waals surface area contributed by atoms with Crippen LogP contribution in [0.3, 0.4) is 0 Å². The number of nitrogens with zero attached hydrogens (tertiary/aromatic N) is 2. The van der Waals surface area contributed by atoms with Gasteiger partial charge in [-0.3, -0.25) is 4.79 Å². The molecule has 1 radical (unpaired) electrons. The van der Waals surface area contributed by atoms with Gasteiger partial charge in [-0.2, -0.15) is 0 Å². The summed E-state index contributed by atoms with van der Waals surface area (Å²) in [6.45, 7) is 2.61. The van der Waals surface area contributed by atoms with Crippen LogP contribution in [0.2, 0.25) is 0 Å². The normalized spacial score (nSPS) is 21.2. The predicted molar refractivity (Wildman–Crippen MR) is 61.2 cm³/mol. The second kappa shape index (κ2) is 3.91. The molecule has 3 nitrogen and oxygen atoms in total. The third kappa shape index (κ3) is 1.52. The summed E-state index contributed by atoms with van der Waals surface area (Å²) in [5.41, 5.74) is 2.07. The molecule has 2 aliphatic heterocycles. The Morgan fingerprint density at radius 3 is 2.69 bits per heavy atom. The fraction of sp³-hybridized carbons (Fsp3) is 0.462. The molecule has 0 bridgehead atoms. The van der Waals surface area contributed by atoms with Crippen LogP contribution < -0.4 is 5.32 Å². The van der Waals surface area contributed by atoms with Crippen molar-refractivity contribution in [1.82, 2.24) is 10.2 Å². The van der Waals surface area contributed by atoms with E-state index in [0.29, 0.717) is 6.04 Å². The van der Waals surface area contributed by atoms with Crippen LogP contribution in [0.15, 0.2) is 24.3 Å². The van der Waals surface area contributed by atoms with E-state index in [-0.39, 0.29) is 5.91 Å². The highest BCUT2D eigenvalue weighted by Gasteiger charge is 2.32. The Kier molecular flexibility index (Phi) is 2.40. The van der Waals surface area contributed by atoms with Crippen molar-refractivity contribution in [3.8, 4) is 0 Å². The molecule has 3 rings (SSSR count). The van der Waals surface area contributed by atoms with Crippen LogP contribution in [0.25, 0.3) is 0 Å². The van der Waals surface area contributed by atoms with Crippen LogP contribution >= 0.6 is 0 Å².